The molecule has 0 unspecified atom stereocenters. The van der Waals surface area contributed by atoms with Crippen molar-refractivity contribution in [3.05, 3.63) is 80.1 Å². The molecule has 1 N–H and O–H groups in total. The third-order valence-corrected chi connectivity index (χ3v) is 6.19. The fourth-order valence-electron chi connectivity index (χ4n) is 2.62. The van der Waals surface area contributed by atoms with E-state index in [2.05, 4.69) is 25.9 Å². The van der Waals surface area contributed by atoms with Crippen molar-refractivity contribution in [1.82, 2.24) is 9.97 Å². The second-order valence-electron chi connectivity index (χ2n) is 5.63. The lowest BCUT2D eigenvalue weighted by atomic mass is 10.1. The monoisotopic (exact) mass is 446 g/mol. The number of aromatic nitrogens is 2. The van der Waals surface area contributed by atoms with Crippen molar-refractivity contribution in [2.45, 2.75) is 10.9 Å². The van der Waals surface area contributed by atoms with Crippen molar-refractivity contribution in [3.63, 3.8) is 0 Å². The van der Waals surface area contributed by atoms with Gasteiger partial charge in [0.25, 0.3) is 5.56 Å². The van der Waals surface area contributed by atoms with Crippen LogP contribution in [0.3, 0.4) is 0 Å². The van der Waals surface area contributed by atoms with Crippen molar-refractivity contribution < 1.29 is 4.39 Å². The lowest BCUT2D eigenvalue weighted by Crippen LogP contribution is -2.08. The van der Waals surface area contributed by atoms with Gasteiger partial charge in [-0.2, -0.15) is 0 Å². The van der Waals surface area contributed by atoms with Crippen LogP contribution in [0.2, 0.25) is 0 Å². The van der Waals surface area contributed by atoms with Crippen LogP contribution in [0.15, 0.2) is 68.3 Å². The lowest BCUT2D eigenvalue weighted by molar-refractivity contribution is 0.626. The Morgan fingerprint density at radius 3 is 2.77 bits per heavy atom. The van der Waals surface area contributed by atoms with E-state index in [0.29, 0.717) is 21.1 Å². The second-order valence-corrected chi connectivity index (χ2v) is 8.36. The molecule has 0 spiro atoms. The minimum Gasteiger partial charge on any atom is -0.301 e. The lowest BCUT2D eigenvalue weighted by Gasteiger charge is -2.03. The van der Waals surface area contributed by atoms with E-state index in [0.717, 1.165) is 21.2 Å². The molecule has 3 nitrogen and oxygen atoms in total. The van der Waals surface area contributed by atoms with Crippen molar-refractivity contribution >= 4 is 49.2 Å². The van der Waals surface area contributed by atoms with Crippen molar-refractivity contribution in [2.24, 2.45) is 0 Å². The minimum absolute atomic E-state index is 0.157. The van der Waals surface area contributed by atoms with E-state index in [1.54, 1.807) is 6.07 Å². The maximum atomic E-state index is 13.3. The number of aromatic amines is 1. The molecule has 0 saturated heterocycles. The number of halogens is 2. The van der Waals surface area contributed by atoms with E-state index >= 15 is 0 Å². The molecule has 4 rings (SSSR count). The average molecular weight is 447 g/mol. The van der Waals surface area contributed by atoms with Crippen LogP contribution < -0.4 is 5.56 Å². The number of rotatable bonds is 4. The Bertz CT molecular complexity index is 1140. The van der Waals surface area contributed by atoms with E-state index in [1.807, 2.05) is 35.7 Å². The summed E-state index contributed by atoms with van der Waals surface area (Å²) in [5.74, 6) is 0.273. The first kappa shape index (κ1) is 17.5. The molecule has 0 amide bonds. The van der Waals surface area contributed by atoms with Crippen LogP contribution in [0.1, 0.15) is 5.56 Å². The molecule has 130 valence electrons. The Morgan fingerprint density at radius 2 is 2.00 bits per heavy atom. The molecular formula is C19H12BrFN2OS2. The highest BCUT2D eigenvalue weighted by Crippen LogP contribution is 2.32. The fourth-order valence-corrected chi connectivity index (χ4v) is 4.69. The van der Waals surface area contributed by atoms with Crippen LogP contribution in [0.5, 0.6) is 0 Å². The van der Waals surface area contributed by atoms with Gasteiger partial charge in [0.05, 0.1) is 5.39 Å². The summed E-state index contributed by atoms with van der Waals surface area (Å²) in [6.45, 7) is 0. The highest BCUT2D eigenvalue weighted by molar-refractivity contribution is 9.10. The zero-order valence-corrected chi connectivity index (χ0v) is 16.6. The SMILES string of the molecule is O=c1[nH]c(SCc2cccc(F)c2)nc2scc(-c3ccc(Br)cc3)c12. The van der Waals surface area contributed by atoms with E-state index in [4.69, 9.17) is 0 Å². The summed E-state index contributed by atoms with van der Waals surface area (Å²) in [4.78, 5) is 20.7. The number of nitrogens with one attached hydrogen (secondary N) is 1. The van der Waals surface area contributed by atoms with Gasteiger partial charge < -0.3 is 4.98 Å². The first-order chi connectivity index (χ1) is 12.6. The summed E-state index contributed by atoms with van der Waals surface area (Å²) >= 11 is 6.25. The van der Waals surface area contributed by atoms with E-state index < -0.39 is 0 Å². The highest BCUT2D eigenvalue weighted by Gasteiger charge is 2.13. The first-order valence-electron chi connectivity index (χ1n) is 7.75. The maximum Gasteiger partial charge on any atom is 0.260 e. The van der Waals surface area contributed by atoms with Gasteiger partial charge in [0.2, 0.25) is 0 Å². The highest BCUT2D eigenvalue weighted by atomic mass is 79.9. The molecule has 0 radical (unpaired) electrons. The molecule has 0 aliphatic heterocycles. The Kier molecular flexibility index (Phi) is 4.93. The van der Waals surface area contributed by atoms with E-state index in [1.165, 1.54) is 35.2 Å². The smallest absolute Gasteiger partial charge is 0.260 e. The molecule has 0 aliphatic rings. The van der Waals surface area contributed by atoms with Crippen molar-refractivity contribution in [2.75, 3.05) is 0 Å². The number of hydrogen-bond donors (Lipinski definition) is 1. The van der Waals surface area contributed by atoms with Crippen LogP contribution in [-0.4, -0.2) is 9.97 Å². The van der Waals surface area contributed by atoms with Gasteiger partial charge >= 0.3 is 0 Å². The van der Waals surface area contributed by atoms with Gasteiger partial charge in [-0.1, -0.05) is 52.0 Å². The molecule has 4 aromatic rings. The Morgan fingerprint density at radius 1 is 1.19 bits per heavy atom. The molecule has 0 bridgehead atoms. The quantitative estimate of drug-likeness (QED) is 0.316. The van der Waals surface area contributed by atoms with Crippen LogP contribution >= 0.6 is 39.0 Å². The number of thioether (sulfide) groups is 1. The maximum absolute atomic E-state index is 13.3. The van der Waals surface area contributed by atoms with E-state index in [9.17, 15) is 9.18 Å². The number of thiophene rings is 1. The van der Waals surface area contributed by atoms with Crippen LogP contribution in [0, 0.1) is 5.82 Å². The summed E-state index contributed by atoms with van der Waals surface area (Å²) < 4.78 is 14.3. The predicted molar refractivity (Wildman–Crippen MR) is 109 cm³/mol. The molecule has 0 fully saturated rings. The normalized spacial score (nSPS) is 11.2. The van der Waals surface area contributed by atoms with Crippen LogP contribution in [0.4, 0.5) is 4.39 Å². The Hall–Kier alpha value is -1.96. The molecule has 26 heavy (non-hydrogen) atoms. The van der Waals surface area contributed by atoms with Gasteiger partial charge in [-0.3, -0.25) is 4.79 Å². The summed E-state index contributed by atoms with van der Waals surface area (Å²) in [6.07, 6.45) is 0. The number of fused-ring (bicyclic) bond motifs is 1. The minimum atomic E-state index is -0.266. The van der Waals surface area contributed by atoms with Gasteiger partial charge in [-0.25, -0.2) is 9.37 Å². The number of benzene rings is 2. The zero-order chi connectivity index (χ0) is 18.1. The Balaban J connectivity index is 1.65. The third kappa shape index (κ3) is 3.60. The number of nitrogens with zero attached hydrogens (tertiary/aromatic N) is 1. The summed E-state index contributed by atoms with van der Waals surface area (Å²) in [5.41, 5.74) is 2.55. The van der Waals surface area contributed by atoms with Gasteiger partial charge in [0.1, 0.15) is 10.6 Å². The largest absolute Gasteiger partial charge is 0.301 e. The molecule has 7 heteroatoms. The topological polar surface area (TPSA) is 45.8 Å². The molecule has 2 aromatic heterocycles. The Labute approximate surface area is 165 Å². The van der Waals surface area contributed by atoms with Gasteiger partial charge in [0.15, 0.2) is 5.16 Å². The summed E-state index contributed by atoms with van der Waals surface area (Å²) in [6, 6.07) is 14.3. The summed E-state index contributed by atoms with van der Waals surface area (Å²) in [5, 5.41) is 3.10. The van der Waals surface area contributed by atoms with Crippen molar-refractivity contribution in [3.8, 4) is 11.1 Å². The molecule has 0 atom stereocenters. The van der Waals surface area contributed by atoms with Gasteiger partial charge in [-0.15, -0.1) is 11.3 Å². The average Bonchev–Trinajstić information content (AvgIpc) is 3.05. The summed E-state index contributed by atoms with van der Waals surface area (Å²) in [7, 11) is 0. The second kappa shape index (κ2) is 7.34. The standard InChI is InChI=1S/C19H12BrFN2OS2/c20-13-6-4-12(5-7-13)15-10-25-18-16(15)17(24)22-19(23-18)26-9-11-2-1-3-14(21)8-11/h1-8,10H,9H2,(H,22,23,24). The van der Waals surface area contributed by atoms with Gasteiger partial charge in [0, 0.05) is 21.2 Å². The van der Waals surface area contributed by atoms with Crippen LogP contribution in [0.25, 0.3) is 21.3 Å². The van der Waals surface area contributed by atoms with Gasteiger partial charge in [-0.05, 0) is 35.4 Å². The first-order valence-corrected chi connectivity index (χ1v) is 10.4. The third-order valence-electron chi connectivity index (χ3n) is 3.84. The van der Waals surface area contributed by atoms with Crippen LogP contribution in [-0.2, 0) is 5.75 Å². The predicted octanol–water partition coefficient (Wildman–Crippen LogP) is 5.85. The van der Waals surface area contributed by atoms with Crippen molar-refractivity contribution in [1.29, 1.82) is 0 Å². The molecule has 0 saturated carbocycles. The zero-order valence-electron chi connectivity index (χ0n) is 13.3. The fraction of sp³-hybridized carbons (Fsp3) is 0.0526. The molecule has 0 aliphatic carbocycles. The molecular weight excluding hydrogens is 435 g/mol. The number of hydrogen-bond acceptors (Lipinski definition) is 4. The van der Waals surface area contributed by atoms with E-state index in [-0.39, 0.29) is 11.4 Å². The number of H-pyrrole nitrogens is 1. The molecule has 2 heterocycles. The molecule has 2 aromatic carbocycles.